The number of nitrogens with zero attached hydrogens (tertiary/aromatic N) is 2. The van der Waals surface area contributed by atoms with Gasteiger partial charge in [-0.2, -0.15) is 0 Å². The number of carboxylic acids is 1. The van der Waals surface area contributed by atoms with Crippen LogP contribution in [0.2, 0.25) is 0 Å². The summed E-state index contributed by atoms with van der Waals surface area (Å²) >= 11 is 0. The van der Waals surface area contributed by atoms with Crippen molar-refractivity contribution in [1.29, 1.82) is 0 Å². The molecule has 1 rings (SSSR count). The van der Waals surface area contributed by atoms with E-state index in [0.29, 0.717) is 6.07 Å². The highest BCUT2D eigenvalue weighted by atomic mass is 19.1. The van der Waals surface area contributed by atoms with Gasteiger partial charge in [0.1, 0.15) is 11.5 Å². The number of carboxylic acid groups (broad SMARTS) is 1. The van der Waals surface area contributed by atoms with Gasteiger partial charge < -0.3 is 10.0 Å². The summed E-state index contributed by atoms with van der Waals surface area (Å²) in [5.41, 5.74) is -0.895. The van der Waals surface area contributed by atoms with Crippen LogP contribution in [0.25, 0.3) is 0 Å². The first-order chi connectivity index (χ1) is 9.29. The molecule has 20 heavy (non-hydrogen) atoms. The van der Waals surface area contributed by atoms with Gasteiger partial charge >= 0.3 is 5.97 Å². The standard InChI is InChI=1S/C13H17FN2O4/c1-4-5-8(2)15(3)11-6-9(13(17)18)10(14)7-12(11)16(19)20/h6-8H,4-5H2,1-3H3,(H,17,18). The Kier molecular flexibility index (Phi) is 5.01. The van der Waals surface area contributed by atoms with Crippen molar-refractivity contribution in [3.63, 3.8) is 0 Å². The molecule has 0 radical (unpaired) electrons. The highest BCUT2D eigenvalue weighted by Crippen LogP contribution is 2.32. The predicted molar refractivity (Wildman–Crippen MR) is 72.8 cm³/mol. The van der Waals surface area contributed by atoms with Gasteiger partial charge in [0.2, 0.25) is 0 Å². The van der Waals surface area contributed by atoms with Crippen molar-refractivity contribution < 1.29 is 19.2 Å². The number of anilines is 1. The maximum Gasteiger partial charge on any atom is 0.338 e. The van der Waals surface area contributed by atoms with Crippen molar-refractivity contribution in [1.82, 2.24) is 0 Å². The Labute approximate surface area is 116 Å². The average molecular weight is 284 g/mol. The summed E-state index contributed by atoms with van der Waals surface area (Å²) in [5.74, 6) is -2.56. The van der Waals surface area contributed by atoms with Crippen LogP contribution < -0.4 is 4.90 Å². The van der Waals surface area contributed by atoms with E-state index in [1.54, 1.807) is 11.9 Å². The lowest BCUT2D eigenvalue weighted by Gasteiger charge is -2.26. The third-order valence-corrected chi connectivity index (χ3v) is 3.24. The molecule has 0 heterocycles. The molecule has 0 spiro atoms. The Morgan fingerprint density at radius 1 is 1.55 bits per heavy atom. The van der Waals surface area contributed by atoms with Crippen molar-refractivity contribution in [2.75, 3.05) is 11.9 Å². The first-order valence-electron chi connectivity index (χ1n) is 6.23. The second kappa shape index (κ2) is 6.31. The molecule has 0 bridgehead atoms. The zero-order chi connectivity index (χ0) is 15.4. The van der Waals surface area contributed by atoms with Crippen molar-refractivity contribution in [3.05, 3.63) is 33.6 Å². The highest BCUT2D eigenvalue weighted by Gasteiger charge is 2.25. The van der Waals surface area contributed by atoms with Gasteiger partial charge in [-0.15, -0.1) is 0 Å². The first kappa shape index (κ1) is 15.9. The van der Waals surface area contributed by atoms with Gasteiger partial charge in [0.05, 0.1) is 16.6 Å². The summed E-state index contributed by atoms with van der Waals surface area (Å²) in [6.07, 6.45) is 1.67. The van der Waals surface area contributed by atoms with E-state index in [1.165, 1.54) is 0 Å². The molecule has 7 heteroatoms. The van der Waals surface area contributed by atoms with E-state index in [1.807, 2.05) is 13.8 Å². The molecule has 1 N–H and O–H groups in total. The Morgan fingerprint density at radius 3 is 2.60 bits per heavy atom. The first-order valence-corrected chi connectivity index (χ1v) is 6.23. The van der Waals surface area contributed by atoms with Gasteiger partial charge in [0.15, 0.2) is 0 Å². The third-order valence-electron chi connectivity index (χ3n) is 3.24. The van der Waals surface area contributed by atoms with Gasteiger partial charge in [-0.3, -0.25) is 10.1 Å². The maximum atomic E-state index is 13.5. The Morgan fingerprint density at radius 2 is 2.15 bits per heavy atom. The number of halogens is 1. The summed E-state index contributed by atoms with van der Waals surface area (Å²) in [4.78, 5) is 22.8. The molecule has 1 unspecified atom stereocenters. The fraction of sp³-hybridized carbons (Fsp3) is 0.462. The van der Waals surface area contributed by atoms with Crippen molar-refractivity contribution >= 4 is 17.3 Å². The second-order valence-electron chi connectivity index (χ2n) is 4.63. The predicted octanol–water partition coefficient (Wildman–Crippen LogP) is 3.06. The van der Waals surface area contributed by atoms with E-state index in [4.69, 9.17) is 5.11 Å². The minimum absolute atomic E-state index is 0.0224. The number of aromatic carboxylic acids is 1. The molecule has 1 atom stereocenters. The number of carbonyl (C=O) groups is 1. The van der Waals surface area contributed by atoms with Crippen LogP contribution in [0.1, 0.15) is 37.0 Å². The molecule has 0 aliphatic carbocycles. The van der Waals surface area contributed by atoms with Crippen molar-refractivity contribution in [3.8, 4) is 0 Å². The molecule has 0 saturated carbocycles. The number of benzene rings is 1. The quantitative estimate of drug-likeness (QED) is 0.641. The molecule has 1 aromatic rings. The summed E-state index contributed by atoms with van der Waals surface area (Å²) < 4.78 is 13.5. The fourth-order valence-corrected chi connectivity index (χ4v) is 1.99. The van der Waals surface area contributed by atoms with Crippen molar-refractivity contribution in [2.45, 2.75) is 32.7 Å². The number of hydrogen-bond acceptors (Lipinski definition) is 4. The Hall–Kier alpha value is -2.18. The van der Waals surface area contributed by atoms with Gasteiger partial charge in [0, 0.05) is 13.1 Å². The van der Waals surface area contributed by atoms with Crippen LogP contribution in [0.4, 0.5) is 15.8 Å². The van der Waals surface area contributed by atoms with Crippen molar-refractivity contribution in [2.24, 2.45) is 0 Å². The monoisotopic (exact) mass is 284 g/mol. The summed E-state index contributed by atoms with van der Waals surface area (Å²) in [5, 5.41) is 19.9. The minimum atomic E-state index is -1.45. The van der Waals surface area contributed by atoms with E-state index in [0.717, 1.165) is 18.9 Å². The van der Waals surface area contributed by atoms with Crippen LogP contribution in [0.3, 0.4) is 0 Å². The smallest absolute Gasteiger partial charge is 0.338 e. The number of hydrogen-bond donors (Lipinski definition) is 1. The number of nitro groups is 1. The zero-order valence-corrected chi connectivity index (χ0v) is 11.6. The SMILES string of the molecule is CCCC(C)N(C)c1cc(C(=O)O)c(F)cc1[N+](=O)[O-]. The summed E-state index contributed by atoms with van der Waals surface area (Å²) in [6, 6.07) is 1.65. The normalized spacial score (nSPS) is 12.0. The van der Waals surface area contributed by atoms with E-state index >= 15 is 0 Å². The van der Waals surface area contributed by atoms with Crippen LogP contribution in [0.5, 0.6) is 0 Å². The second-order valence-corrected chi connectivity index (χ2v) is 4.63. The molecular formula is C13H17FN2O4. The molecule has 6 nitrogen and oxygen atoms in total. The Balaban J connectivity index is 3.37. The molecule has 0 saturated heterocycles. The highest BCUT2D eigenvalue weighted by molar-refractivity contribution is 5.90. The number of rotatable bonds is 6. The van der Waals surface area contributed by atoms with Crippen LogP contribution in [-0.2, 0) is 0 Å². The van der Waals surface area contributed by atoms with Gasteiger partial charge in [-0.1, -0.05) is 13.3 Å². The lowest BCUT2D eigenvalue weighted by Crippen LogP contribution is -2.29. The zero-order valence-electron chi connectivity index (χ0n) is 11.6. The molecule has 0 aromatic heterocycles. The molecule has 0 fully saturated rings. The molecule has 0 amide bonds. The van der Waals surface area contributed by atoms with E-state index < -0.39 is 28.0 Å². The van der Waals surface area contributed by atoms with E-state index in [9.17, 15) is 19.3 Å². The van der Waals surface area contributed by atoms with Crippen LogP contribution in [0, 0.1) is 15.9 Å². The van der Waals surface area contributed by atoms with E-state index in [2.05, 4.69) is 0 Å². The summed E-state index contributed by atoms with van der Waals surface area (Å²) in [6.45, 7) is 3.85. The number of nitro benzene ring substituents is 1. The molecule has 0 aliphatic rings. The third kappa shape index (κ3) is 3.23. The van der Waals surface area contributed by atoms with E-state index in [-0.39, 0.29) is 11.7 Å². The Bertz CT molecular complexity index is 533. The largest absolute Gasteiger partial charge is 0.478 e. The van der Waals surface area contributed by atoms with Gasteiger partial charge in [-0.05, 0) is 19.4 Å². The van der Waals surface area contributed by atoms with Crippen LogP contribution in [-0.4, -0.2) is 29.1 Å². The fourth-order valence-electron chi connectivity index (χ4n) is 1.99. The van der Waals surface area contributed by atoms with Crippen LogP contribution in [0.15, 0.2) is 12.1 Å². The van der Waals surface area contributed by atoms with Gasteiger partial charge in [-0.25, -0.2) is 9.18 Å². The minimum Gasteiger partial charge on any atom is -0.478 e. The molecular weight excluding hydrogens is 267 g/mol. The van der Waals surface area contributed by atoms with Crippen LogP contribution >= 0.6 is 0 Å². The molecule has 0 aliphatic heterocycles. The maximum absolute atomic E-state index is 13.5. The average Bonchev–Trinajstić information content (AvgIpc) is 2.37. The molecule has 1 aromatic carbocycles. The molecule has 110 valence electrons. The lowest BCUT2D eigenvalue weighted by molar-refractivity contribution is -0.384. The summed E-state index contributed by atoms with van der Waals surface area (Å²) in [7, 11) is 1.63. The topological polar surface area (TPSA) is 83.7 Å². The van der Waals surface area contributed by atoms with Gasteiger partial charge in [0.25, 0.3) is 5.69 Å². The lowest BCUT2D eigenvalue weighted by atomic mass is 10.1.